The maximum absolute atomic E-state index is 9.10. The summed E-state index contributed by atoms with van der Waals surface area (Å²) in [7, 11) is 0. The summed E-state index contributed by atoms with van der Waals surface area (Å²) in [5.41, 5.74) is 2.81. The number of aromatic nitrogens is 1. The molecule has 0 aliphatic heterocycles. The molecule has 0 spiro atoms. The fourth-order valence-corrected chi connectivity index (χ4v) is 2.49. The third kappa shape index (κ3) is 2.22. The van der Waals surface area contributed by atoms with E-state index in [1.807, 2.05) is 31.4 Å². The first-order valence-corrected chi connectivity index (χ1v) is 6.36. The van der Waals surface area contributed by atoms with Crippen molar-refractivity contribution in [3.8, 4) is 17.3 Å². The van der Waals surface area contributed by atoms with E-state index in [-0.39, 0.29) is 0 Å². The monoisotopic (exact) mass is 242 g/mol. The minimum atomic E-state index is -0.508. The average molecular weight is 242 g/mol. The van der Waals surface area contributed by atoms with Crippen LogP contribution in [0.4, 0.5) is 0 Å². The minimum absolute atomic E-state index is 0.508. The lowest BCUT2D eigenvalue weighted by atomic mass is 9.97. The molecule has 3 heteroatoms. The number of thiazole rings is 1. The smallest absolute Gasteiger partial charge is 0.113 e. The van der Waals surface area contributed by atoms with Crippen molar-refractivity contribution in [1.29, 1.82) is 5.26 Å². The van der Waals surface area contributed by atoms with Gasteiger partial charge in [-0.2, -0.15) is 5.26 Å². The molecule has 0 amide bonds. The van der Waals surface area contributed by atoms with Crippen LogP contribution in [0.5, 0.6) is 0 Å². The Kier molecular flexibility index (Phi) is 2.99. The van der Waals surface area contributed by atoms with Crippen molar-refractivity contribution in [3.05, 3.63) is 40.2 Å². The summed E-state index contributed by atoms with van der Waals surface area (Å²) in [5, 5.41) is 12.0. The molecular weight excluding hydrogens is 228 g/mol. The number of nitriles is 1. The van der Waals surface area contributed by atoms with Crippen molar-refractivity contribution in [1.82, 2.24) is 4.98 Å². The van der Waals surface area contributed by atoms with E-state index in [1.54, 1.807) is 11.3 Å². The molecule has 86 valence electrons. The van der Waals surface area contributed by atoms with Gasteiger partial charge in [0.15, 0.2) is 0 Å². The second-order valence-electron chi connectivity index (χ2n) is 4.59. The van der Waals surface area contributed by atoms with E-state index in [0.717, 1.165) is 16.3 Å². The Morgan fingerprint density at radius 3 is 2.65 bits per heavy atom. The molecular formula is C14H14N2S. The van der Waals surface area contributed by atoms with Gasteiger partial charge in [-0.1, -0.05) is 24.3 Å². The Morgan fingerprint density at radius 1 is 1.29 bits per heavy atom. The highest BCUT2D eigenvalue weighted by Gasteiger charge is 2.24. The van der Waals surface area contributed by atoms with Gasteiger partial charge in [-0.3, -0.25) is 0 Å². The predicted molar refractivity (Wildman–Crippen MR) is 70.9 cm³/mol. The molecule has 0 atom stereocenters. The summed E-state index contributed by atoms with van der Waals surface area (Å²) in [6.45, 7) is 5.87. The summed E-state index contributed by atoms with van der Waals surface area (Å²) in [6.07, 6.45) is 0. The van der Waals surface area contributed by atoms with E-state index in [0.29, 0.717) is 0 Å². The maximum Gasteiger partial charge on any atom is 0.113 e. The second-order valence-corrected chi connectivity index (χ2v) is 5.45. The highest BCUT2D eigenvalue weighted by atomic mass is 32.1. The van der Waals surface area contributed by atoms with Gasteiger partial charge in [-0.05, 0) is 26.3 Å². The van der Waals surface area contributed by atoms with Crippen LogP contribution in [0.1, 0.15) is 24.4 Å². The van der Waals surface area contributed by atoms with Crippen LogP contribution >= 0.6 is 11.3 Å². The Balaban J connectivity index is 2.45. The first-order valence-electron chi connectivity index (χ1n) is 5.48. The van der Waals surface area contributed by atoms with Crippen LogP contribution < -0.4 is 0 Å². The van der Waals surface area contributed by atoms with Gasteiger partial charge >= 0.3 is 0 Å². The molecule has 17 heavy (non-hydrogen) atoms. The second kappa shape index (κ2) is 4.31. The summed E-state index contributed by atoms with van der Waals surface area (Å²) in [4.78, 5) is 4.58. The van der Waals surface area contributed by atoms with Gasteiger partial charge < -0.3 is 0 Å². The molecule has 1 aromatic carbocycles. The molecule has 0 saturated carbocycles. The minimum Gasteiger partial charge on any atom is -0.240 e. The quantitative estimate of drug-likeness (QED) is 0.800. The third-order valence-electron chi connectivity index (χ3n) is 2.74. The van der Waals surface area contributed by atoms with E-state index in [4.69, 9.17) is 5.26 Å². The molecule has 2 aromatic rings. The van der Waals surface area contributed by atoms with Gasteiger partial charge in [0.2, 0.25) is 0 Å². The number of nitrogens with zero attached hydrogens (tertiary/aromatic N) is 2. The number of hydrogen-bond acceptors (Lipinski definition) is 3. The Hall–Kier alpha value is -1.66. The van der Waals surface area contributed by atoms with Crippen molar-refractivity contribution in [2.45, 2.75) is 26.2 Å². The molecule has 0 saturated heterocycles. The van der Waals surface area contributed by atoms with Gasteiger partial charge in [-0.15, -0.1) is 11.3 Å². The van der Waals surface area contributed by atoms with E-state index < -0.39 is 5.41 Å². The molecule has 1 aromatic heterocycles. The number of aryl methyl sites for hydroxylation is 1. The van der Waals surface area contributed by atoms with E-state index in [2.05, 4.69) is 30.1 Å². The lowest BCUT2D eigenvalue weighted by Gasteiger charge is -2.10. The first-order chi connectivity index (χ1) is 8.04. The first kappa shape index (κ1) is 11.8. The fraction of sp³-hybridized carbons (Fsp3) is 0.286. The number of rotatable bonds is 2. The largest absolute Gasteiger partial charge is 0.240 e. The topological polar surface area (TPSA) is 36.7 Å². The van der Waals surface area contributed by atoms with Crippen LogP contribution in [0.2, 0.25) is 0 Å². The molecule has 1 heterocycles. The van der Waals surface area contributed by atoms with Gasteiger partial charge in [0, 0.05) is 10.9 Å². The zero-order chi connectivity index (χ0) is 12.5. The van der Waals surface area contributed by atoms with Crippen LogP contribution in [0.15, 0.2) is 29.6 Å². The molecule has 0 bridgehead atoms. The molecule has 0 radical (unpaired) electrons. The van der Waals surface area contributed by atoms with E-state index in [9.17, 15) is 0 Å². The molecule has 0 N–H and O–H groups in total. The molecule has 0 aliphatic carbocycles. The number of hydrogen-bond donors (Lipinski definition) is 0. The summed E-state index contributed by atoms with van der Waals surface area (Å²) in [5.74, 6) is 0. The van der Waals surface area contributed by atoms with Gasteiger partial charge in [0.25, 0.3) is 0 Å². The summed E-state index contributed by atoms with van der Waals surface area (Å²) >= 11 is 1.55. The predicted octanol–water partition coefficient (Wildman–Crippen LogP) is 3.92. The van der Waals surface area contributed by atoms with Gasteiger partial charge in [0.05, 0.1) is 11.8 Å². The van der Waals surface area contributed by atoms with Crippen LogP contribution in [0.25, 0.3) is 11.3 Å². The highest BCUT2D eigenvalue weighted by Crippen LogP contribution is 2.30. The van der Waals surface area contributed by atoms with Gasteiger partial charge in [0.1, 0.15) is 10.4 Å². The van der Waals surface area contributed by atoms with E-state index in [1.165, 1.54) is 5.56 Å². The molecule has 0 fully saturated rings. The lowest BCUT2D eigenvalue weighted by molar-refractivity contribution is 0.680. The Labute approximate surface area is 106 Å². The Bertz CT molecular complexity index is 576. The normalized spacial score (nSPS) is 11.2. The summed E-state index contributed by atoms with van der Waals surface area (Å²) in [6, 6.07) is 10.5. The molecule has 0 unspecified atom stereocenters. The van der Waals surface area contributed by atoms with E-state index >= 15 is 0 Å². The third-order valence-corrected chi connectivity index (χ3v) is 3.91. The zero-order valence-electron chi connectivity index (χ0n) is 10.2. The molecule has 2 rings (SSSR count). The maximum atomic E-state index is 9.10. The van der Waals surface area contributed by atoms with Crippen molar-refractivity contribution < 1.29 is 0 Å². The zero-order valence-corrected chi connectivity index (χ0v) is 11.0. The molecule has 0 aliphatic rings. The van der Waals surface area contributed by atoms with Crippen molar-refractivity contribution >= 4 is 11.3 Å². The standard InChI is InChI=1S/C14H14N2S/c1-10-6-4-5-7-11(10)12-8-17-13(16-12)14(2,3)9-15/h4-8H,1-3H3. The van der Waals surface area contributed by atoms with Crippen LogP contribution in [-0.4, -0.2) is 4.98 Å². The van der Waals surface area contributed by atoms with Gasteiger partial charge in [-0.25, -0.2) is 4.98 Å². The van der Waals surface area contributed by atoms with Crippen molar-refractivity contribution in [2.24, 2.45) is 0 Å². The number of benzene rings is 1. The average Bonchev–Trinajstić information content (AvgIpc) is 2.79. The molecule has 2 nitrogen and oxygen atoms in total. The van der Waals surface area contributed by atoms with Crippen molar-refractivity contribution in [2.75, 3.05) is 0 Å². The van der Waals surface area contributed by atoms with Crippen LogP contribution in [0.3, 0.4) is 0 Å². The fourth-order valence-electron chi connectivity index (χ4n) is 1.59. The SMILES string of the molecule is Cc1ccccc1-c1csc(C(C)(C)C#N)n1. The van der Waals surface area contributed by atoms with Crippen molar-refractivity contribution in [3.63, 3.8) is 0 Å². The lowest BCUT2D eigenvalue weighted by Crippen LogP contribution is -2.13. The summed E-state index contributed by atoms with van der Waals surface area (Å²) < 4.78 is 0. The highest BCUT2D eigenvalue weighted by molar-refractivity contribution is 7.10. The Morgan fingerprint density at radius 2 is 2.00 bits per heavy atom. The van der Waals surface area contributed by atoms with Crippen LogP contribution in [-0.2, 0) is 5.41 Å². The van der Waals surface area contributed by atoms with Crippen LogP contribution in [0, 0.1) is 18.3 Å².